The second-order valence-corrected chi connectivity index (χ2v) is 11.2. The van der Waals surface area contributed by atoms with E-state index < -0.39 is 9.84 Å². The van der Waals surface area contributed by atoms with E-state index in [1.165, 1.54) is 37.1 Å². The Morgan fingerprint density at radius 3 is 2.55 bits per heavy atom. The lowest BCUT2D eigenvalue weighted by atomic mass is 9.97. The Kier molecular flexibility index (Phi) is 7.62. The predicted molar refractivity (Wildman–Crippen MR) is 116 cm³/mol. The van der Waals surface area contributed by atoms with Gasteiger partial charge in [0.1, 0.15) is 0 Å². The van der Waals surface area contributed by atoms with Crippen LogP contribution in [-0.4, -0.2) is 37.3 Å². The van der Waals surface area contributed by atoms with E-state index in [-0.39, 0.29) is 40.2 Å². The first-order valence-electron chi connectivity index (χ1n) is 10.5. The molecule has 8 heteroatoms. The number of thioether (sulfide) groups is 1. The van der Waals surface area contributed by atoms with Crippen LogP contribution in [0.25, 0.3) is 0 Å². The van der Waals surface area contributed by atoms with Crippen molar-refractivity contribution in [2.45, 2.75) is 85.8 Å². The van der Waals surface area contributed by atoms with Crippen LogP contribution in [0.15, 0.2) is 28.0 Å². The average molecular weight is 439 g/mol. The summed E-state index contributed by atoms with van der Waals surface area (Å²) in [6.07, 6.45) is 8.50. The van der Waals surface area contributed by atoms with Gasteiger partial charge in [-0.1, -0.05) is 39.0 Å². The molecule has 1 aromatic carbocycles. The van der Waals surface area contributed by atoms with E-state index in [9.17, 15) is 18.0 Å². The maximum absolute atomic E-state index is 12.7. The molecule has 1 fully saturated rings. The lowest BCUT2D eigenvalue weighted by molar-refractivity contribution is -0.121. The molecule has 1 aliphatic heterocycles. The third-order valence-electron chi connectivity index (χ3n) is 5.57. The van der Waals surface area contributed by atoms with Crippen LogP contribution in [0, 0.1) is 0 Å². The number of amides is 2. The summed E-state index contributed by atoms with van der Waals surface area (Å²) in [5.74, 6) is -0.534. The number of hydrogen-bond acceptors (Lipinski definition) is 5. The molecule has 1 aromatic rings. The summed E-state index contributed by atoms with van der Waals surface area (Å²) in [6.45, 7) is 1.95. The molecule has 2 aliphatic rings. The summed E-state index contributed by atoms with van der Waals surface area (Å²) in [4.78, 5) is 25.4. The lowest BCUT2D eigenvalue weighted by Crippen LogP contribution is -2.36. The normalized spacial score (nSPS) is 20.9. The monoisotopic (exact) mass is 438 g/mol. The Balaban J connectivity index is 1.59. The average Bonchev–Trinajstić information content (AvgIpc) is 2.67. The summed E-state index contributed by atoms with van der Waals surface area (Å²) in [7, 11) is -3.60. The van der Waals surface area contributed by atoms with E-state index in [2.05, 4.69) is 10.6 Å². The Hall–Kier alpha value is -1.54. The third-order valence-corrected chi connectivity index (χ3v) is 8.72. The van der Waals surface area contributed by atoms with Gasteiger partial charge in [-0.15, -0.1) is 11.8 Å². The summed E-state index contributed by atoms with van der Waals surface area (Å²) in [5.41, 5.74) is 0.532. The zero-order valence-corrected chi connectivity index (χ0v) is 18.5. The van der Waals surface area contributed by atoms with Crippen molar-refractivity contribution in [2.75, 3.05) is 11.1 Å². The molecule has 0 aromatic heterocycles. The lowest BCUT2D eigenvalue weighted by Gasteiger charge is -2.23. The highest BCUT2D eigenvalue weighted by molar-refractivity contribution is 8.01. The summed E-state index contributed by atoms with van der Waals surface area (Å²) in [6, 6.07) is 4.98. The summed E-state index contributed by atoms with van der Waals surface area (Å²) in [5, 5.41) is 5.66. The smallest absolute Gasteiger partial charge is 0.237 e. The number of sulfone groups is 1. The molecule has 6 nitrogen and oxygen atoms in total. The second kappa shape index (κ2) is 9.98. The zero-order valence-electron chi connectivity index (χ0n) is 16.9. The minimum atomic E-state index is -3.60. The quantitative estimate of drug-likeness (QED) is 0.703. The number of anilines is 1. The standard InChI is InChI=1S/C21H30N2O4S2/c1-2-18-21(25)23-17-14-16(10-11-19(17)28-18)29(26,27)13-12-20(24)22-15-8-6-4-3-5-7-9-15/h10-11,14-15,18H,2-9,12-13H2,1H3,(H,22,24)(H,23,25). The maximum atomic E-state index is 12.7. The molecule has 0 radical (unpaired) electrons. The van der Waals surface area contributed by atoms with Crippen LogP contribution >= 0.6 is 11.8 Å². The van der Waals surface area contributed by atoms with Crippen molar-refractivity contribution < 1.29 is 18.0 Å². The van der Waals surface area contributed by atoms with Crippen molar-refractivity contribution in [3.05, 3.63) is 18.2 Å². The van der Waals surface area contributed by atoms with Crippen molar-refractivity contribution in [2.24, 2.45) is 0 Å². The van der Waals surface area contributed by atoms with E-state index in [0.29, 0.717) is 12.1 Å². The van der Waals surface area contributed by atoms with Crippen LogP contribution in [0.4, 0.5) is 5.69 Å². The molecule has 1 heterocycles. The predicted octanol–water partition coefficient (Wildman–Crippen LogP) is 3.90. The Morgan fingerprint density at radius 2 is 1.86 bits per heavy atom. The van der Waals surface area contributed by atoms with Crippen molar-refractivity contribution in [1.82, 2.24) is 5.32 Å². The van der Waals surface area contributed by atoms with Crippen LogP contribution in [-0.2, 0) is 19.4 Å². The topological polar surface area (TPSA) is 92.3 Å². The minimum absolute atomic E-state index is 0.0467. The molecule has 1 atom stereocenters. The molecule has 0 spiro atoms. The summed E-state index contributed by atoms with van der Waals surface area (Å²) < 4.78 is 25.4. The van der Waals surface area contributed by atoms with E-state index in [1.807, 2.05) is 6.92 Å². The molecule has 3 rings (SSSR count). The first-order valence-corrected chi connectivity index (χ1v) is 13.1. The SMILES string of the molecule is CCC1Sc2ccc(S(=O)(=O)CCC(=O)NC3CCCCCCC3)cc2NC1=O. The van der Waals surface area contributed by atoms with Crippen molar-refractivity contribution in [3.8, 4) is 0 Å². The second-order valence-electron chi connectivity index (χ2n) is 7.84. The van der Waals surface area contributed by atoms with Gasteiger partial charge in [-0.05, 0) is 37.5 Å². The Labute approximate surface area is 177 Å². The summed E-state index contributed by atoms with van der Waals surface area (Å²) >= 11 is 1.45. The highest BCUT2D eigenvalue weighted by Crippen LogP contribution is 2.38. The molecule has 0 saturated heterocycles. The van der Waals surface area contributed by atoms with Gasteiger partial charge in [0, 0.05) is 17.4 Å². The highest BCUT2D eigenvalue weighted by Gasteiger charge is 2.27. The van der Waals surface area contributed by atoms with Gasteiger partial charge in [-0.3, -0.25) is 9.59 Å². The van der Waals surface area contributed by atoms with Gasteiger partial charge in [0.05, 0.1) is 21.6 Å². The number of fused-ring (bicyclic) bond motifs is 1. The molecule has 1 aliphatic carbocycles. The fourth-order valence-electron chi connectivity index (χ4n) is 3.84. The Bertz CT molecular complexity index is 846. The van der Waals surface area contributed by atoms with E-state index in [0.717, 1.165) is 30.6 Å². The molecule has 29 heavy (non-hydrogen) atoms. The molecular formula is C21H30N2O4S2. The first kappa shape index (κ1) is 22.2. The van der Waals surface area contributed by atoms with Gasteiger partial charge in [-0.25, -0.2) is 8.42 Å². The van der Waals surface area contributed by atoms with Gasteiger partial charge < -0.3 is 10.6 Å². The van der Waals surface area contributed by atoms with Crippen LogP contribution in [0.1, 0.15) is 64.7 Å². The first-order chi connectivity index (χ1) is 13.9. The number of benzene rings is 1. The van der Waals surface area contributed by atoms with Gasteiger partial charge in [0.25, 0.3) is 0 Å². The van der Waals surface area contributed by atoms with Crippen LogP contribution in [0.3, 0.4) is 0 Å². The third kappa shape index (κ3) is 5.98. The van der Waals surface area contributed by atoms with Gasteiger partial charge in [0.2, 0.25) is 11.8 Å². The molecular weight excluding hydrogens is 408 g/mol. The van der Waals surface area contributed by atoms with Crippen LogP contribution in [0.2, 0.25) is 0 Å². The minimum Gasteiger partial charge on any atom is -0.353 e. The highest BCUT2D eigenvalue weighted by atomic mass is 32.2. The molecule has 2 amide bonds. The van der Waals surface area contributed by atoms with Gasteiger partial charge >= 0.3 is 0 Å². The van der Waals surface area contributed by atoms with Crippen molar-refractivity contribution in [1.29, 1.82) is 0 Å². The molecule has 0 bridgehead atoms. The van der Waals surface area contributed by atoms with Crippen molar-refractivity contribution >= 4 is 39.1 Å². The maximum Gasteiger partial charge on any atom is 0.237 e. The van der Waals surface area contributed by atoms with Crippen LogP contribution < -0.4 is 10.6 Å². The fourth-order valence-corrected chi connectivity index (χ4v) is 6.12. The largest absolute Gasteiger partial charge is 0.353 e. The Morgan fingerprint density at radius 1 is 1.17 bits per heavy atom. The van der Waals surface area contributed by atoms with E-state index in [1.54, 1.807) is 12.1 Å². The molecule has 1 saturated carbocycles. The van der Waals surface area contributed by atoms with E-state index >= 15 is 0 Å². The molecule has 1 unspecified atom stereocenters. The number of nitrogens with one attached hydrogen (secondary N) is 2. The number of carbonyl (C=O) groups is 2. The van der Waals surface area contributed by atoms with Gasteiger partial charge in [-0.2, -0.15) is 0 Å². The van der Waals surface area contributed by atoms with Crippen molar-refractivity contribution in [3.63, 3.8) is 0 Å². The van der Waals surface area contributed by atoms with Crippen LogP contribution in [0.5, 0.6) is 0 Å². The number of hydrogen-bond donors (Lipinski definition) is 2. The fraction of sp³-hybridized carbons (Fsp3) is 0.619. The zero-order chi connectivity index (χ0) is 20.9. The molecule has 2 N–H and O–H groups in total. The number of carbonyl (C=O) groups excluding carboxylic acids is 2. The number of rotatable bonds is 6. The van der Waals surface area contributed by atoms with Gasteiger partial charge in [0.15, 0.2) is 9.84 Å². The van der Waals surface area contributed by atoms with E-state index in [4.69, 9.17) is 0 Å². The molecule has 160 valence electrons.